The summed E-state index contributed by atoms with van der Waals surface area (Å²) in [6.45, 7) is 0. The zero-order valence-electron chi connectivity index (χ0n) is 35.1. The Hall–Kier alpha value is -8.64. The lowest BCUT2D eigenvalue weighted by molar-refractivity contribution is 0.0592. The Bertz CT molecular complexity index is 2490. The molecule has 0 aliphatic carbocycles. The third-order valence-corrected chi connectivity index (χ3v) is 11.3. The highest BCUT2D eigenvalue weighted by Gasteiger charge is 2.38. The molecule has 64 heavy (non-hydrogen) atoms. The number of hydrogen-bond donors (Lipinski definition) is 4. The van der Waals surface area contributed by atoms with Gasteiger partial charge in [0.15, 0.2) is 0 Å². The predicted octanol–water partition coefficient (Wildman–Crippen LogP) is 8.54. The Labute approximate surface area is 368 Å². The molecule has 0 saturated heterocycles. The van der Waals surface area contributed by atoms with Crippen molar-refractivity contribution in [3.63, 3.8) is 0 Å². The maximum Gasteiger partial charge on any atom is 0.339 e. The van der Waals surface area contributed by atoms with Crippen molar-refractivity contribution in [2.45, 2.75) is 0 Å². The quantitative estimate of drug-likeness (QED) is 0.0671. The molecule has 12 nitrogen and oxygen atoms in total. The minimum atomic E-state index is -0.442. The largest absolute Gasteiger partial charge is 0.465 e. The average molecular weight is 849 g/mol. The molecule has 8 bridgehead atoms. The number of fused-ring (bicyclic) bond motifs is 8. The number of nitrogens with one attached hydrogen (secondary N) is 4. The molecule has 4 aromatic heterocycles. The van der Waals surface area contributed by atoms with Crippen LogP contribution in [-0.4, -0.2) is 72.3 Å². The van der Waals surface area contributed by atoms with E-state index in [-0.39, 0.29) is 0 Å². The summed E-state index contributed by atoms with van der Waals surface area (Å²) < 4.78 is 20.0. The first-order valence-electron chi connectivity index (χ1n) is 20.2. The Morgan fingerprint density at radius 3 is 0.578 bits per heavy atom. The summed E-state index contributed by atoms with van der Waals surface area (Å²) in [6.07, 6.45) is 0. The van der Waals surface area contributed by atoms with Gasteiger partial charge in [0.1, 0.15) is 69.2 Å². The molecule has 0 atom stereocenters. The number of benzene rings is 4. The van der Waals surface area contributed by atoms with Crippen LogP contribution in [0.2, 0.25) is 0 Å². The monoisotopic (exact) mass is 848 g/mol. The van der Waals surface area contributed by atoms with Gasteiger partial charge in [0.05, 0.1) is 121 Å². The molecule has 4 N–H and O–H groups in total. The second-order valence-corrected chi connectivity index (χ2v) is 14.9. The van der Waals surface area contributed by atoms with Crippen molar-refractivity contribution >= 4 is 23.9 Å². The Kier molecular flexibility index (Phi) is 10.8. The van der Waals surface area contributed by atoms with Crippen molar-refractivity contribution in [2.24, 2.45) is 0 Å². The van der Waals surface area contributed by atoms with Crippen LogP contribution in [0.25, 0.3) is 0 Å². The second-order valence-electron chi connectivity index (χ2n) is 14.9. The zero-order chi connectivity index (χ0) is 44.5. The van der Waals surface area contributed by atoms with E-state index >= 15 is 0 Å². The highest BCUT2D eigenvalue weighted by atomic mass is 16.5. The Balaban J connectivity index is 1.26. The van der Waals surface area contributed by atoms with E-state index in [1.807, 2.05) is 97.1 Å². The number of methoxy groups -OCH3 is 4. The SMILES string of the molecule is COC(=O)c1ccc([C+]2c3ccc([nH]3)[C+](c3ccc(C(=O)OC)cc3)c3ccc([nH]3)[C+](c3ccc(C(=O)OC)cc3)c3ccc([nH]3)[C+](c3ccc(C(=O)OC)cc3)c3ccc2[nH]3)cc1. The molecule has 9 rings (SSSR count). The van der Waals surface area contributed by atoms with Crippen LogP contribution in [0, 0.1) is 23.7 Å². The van der Waals surface area contributed by atoms with Crippen molar-refractivity contribution in [2.75, 3.05) is 28.4 Å². The molecule has 8 aromatic rings. The molecule has 12 heteroatoms. The van der Waals surface area contributed by atoms with Crippen LogP contribution in [0.15, 0.2) is 146 Å². The normalized spacial score (nSPS) is 12.2. The van der Waals surface area contributed by atoms with E-state index in [2.05, 4.69) is 19.9 Å². The van der Waals surface area contributed by atoms with Gasteiger partial charge in [0.25, 0.3) is 0 Å². The summed E-state index contributed by atoms with van der Waals surface area (Å²) in [5, 5.41) is 0. The third kappa shape index (κ3) is 7.53. The van der Waals surface area contributed by atoms with Crippen LogP contribution >= 0.6 is 0 Å². The fourth-order valence-corrected chi connectivity index (χ4v) is 8.13. The van der Waals surface area contributed by atoms with Crippen LogP contribution in [0.4, 0.5) is 0 Å². The van der Waals surface area contributed by atoms with Gasteiger partial charge in [-0.15, -0.1) is 0 Å². The number of H-pyrrole nitrogens is 4. The second kappa shape index (κ2) is 17.0. The van der Waals surface area contributed by atoms with Crippen molar-refractivity contribution in [3.05, 3.63) is 259 Å². The molecule has 0 fully saturated rings. The molecule has 0 saturated carbocycles. The zero-order valence-corrected chi connectivity index (χ0v) is 35.1. The van der Waals surface area contributed by atoms with Crippen molar-refractivity contribution < 1.29 is 38.1 Å². The van der Waals surface area contributed by atoms with E-state index in [1.165, 1.54) is 28.4 Å². The van der Waals surface area contributed by atoms with E-state index in [0.717, 1.165) is 91.5 Å². The van der Waals surface area contributed by atoms with E-state index in [0.29, 0.717) is 22.3 Å². The standard InChI is InChI=1S/C52H40N4O8/c1-61-49(57)33-13-5-29(6-14-33)45-37-21-23-39(53-37)46(30-7-15-34(16-8-30)50(58)62-2)41-25-27-43(55-41)48(32-11-19-36(20-12-32)52(60)64-4)44-28-26-42(56-44)47(40-24-22-38(45)54-40)31-9-17-35(18-10-31)51(59)63-3/h5-28,53-56H,1-4H3/q+4. The highest BCUT2D eigenvalue weighted by Crippen LogP contribution is 2.40. The Morgan fingerprint density at radius 2 is 0.438 bits per heavy atom. The first-order chi connectivity index (χ1) is 31.2. The van der Waals surface area contributed by atoms with Gasteiger partial charge in [-0.1, -0.05) is 0 Å². The predicted molar refractivity (Wildman–Crippen MR) is 236 cm³/mol. The van der Waals surface area contributed by atoms with Gasteiger partial charge in [-0.3, -0.25) is 0 Å². The van der Waals surface area contributed by atoms with Gasteiger partial charge in [0.2, 0.25) is 0 Å². The number of carbonyl (C=O) groups excluding carboxylic acids is 4. The fraction of sp³-hybridized carbons (Fsp3) is 0.0769. The molecule has 0 unspecified atom stereocenters. The Morgan fingerprint density at radius 1 is 0.281 bits per heavy atom. The fourth-order valence-electron chi connectivity index (χ4n) is 8.13. The van der Waals surface area contributed by atoms with Crippen molar-refractivity contribution in [1.82, 2.24) is 19.9 Å². The van der Waals surface area contributed by atoms with Crippen LogP contribution < -0.4 is 0 Å². The molecule has 1 aliphatic heterocycles. The number of esters is 4. The van der Waals surface area contributed by atoms with Crippen molar-refractivity contribution in [1.29, 1.82) is 0 Å². The smallest absolute Gasteiger partial charge is 0.339 e. The molecule has 0 spiro atoms. The average Bonchev–Trinajstić information content (AvgIpc) is 4.20. The molecule has 4 aromatic carbocycles. The van der Waals surface area contributed by atoms with Gasteiger partial charge >= 0.3 is 23.9 Å². The number of rotatable bonds is 8. The number of hydrogen-bond acceptors (Lipinski definition) is 8. The van der Waals surface area contributed by atoms with E-state index in [9.17, 15) is 19.2 Å². The summed E-state index contributed by atoms with van der Waals surface area (Å²) in [6, 6.07) is 45.1. The molecule has 1 aliphatic rings. The van der Waals surface area contributed by atoms with Crippen molar-refractivity contribution in [3.8, 4) is 0 Å². The van der Waals surface area contributed by atoms with Gasteiger partial charge in [-0.05, 0) is 48.5 Å². The number of aromatic nitrogens is 4. The summed E-state index contributed by atoms with van der Waals surface area (Å²) in [5.74, 6) is 1.54. The van der Waals surface area contributed by atoms with E-state index < -0.39 is 23.9 Å². The van der Waals surface area contributed by atoms with Crippen LogP contribution in [0.3, 0.4) is 0 Å². The van der Waals surface area contributed by atoms with Gasteiger partial charge in [-0.25, -0.2) is 19.2 Å². The van der Waals surface area contributed by atoms with E-state index in [4.69, 9.17) is 18.9 Å². The minimum absolute atomic E-state index is 0.414. The van der Waals surface area contributed by atoms with Gasteiger partial charge in [0, 0.05) is 48.5 Å². The van der Waals surface area contributed by atoms with Crippen LogP contribution in [0.5, 0.6) is 0 Å². The summed E-state index contributed by atoms with van der Waals surface area (Å²) in [5.41, 5.74) is 11.2. The number of ether oxygens (including phenoxy) is 4. The lowest BCUT2D eigenvalue weighted by Gasteiger charge is -2.14. The first-order valence-corrected chi connectivity index (χ1v) is 20.2. The maximum absolute atomic E-state index is 12.5. The van der Waals surface area contributed by atoms with Crippen LogP contribution in [-0.2, 0) is 18.9 Å². The molecule has 312 valence electrons. The topological polar surface area (TPSA) is 168 Å². The molecule has 0 amide bonds. The number of carbonyl (C=O) groups is 4. The highest BCUT2D eigenvalue weighted by molar-refractivity contribution is 5.91. The van der Waals surface area contributed by atoms with Gasteiger partial charge in [-0.2, -0.15) is 0 Å². The number of aromatic amines is 4. The third-order valence-electron chi connectivity index (χ3n) is 11.3. The molecule has 5 heterocycles. The lowest BCUT2D eigenvalue weighted by atomic mass is 9.91. The molecular weight excluding hydrogens is 809 g/mol. The summed E-state index contributed by atoms with van der Waals surface area (Å²) in [7, 11) is 5.41. The molecular formula is C52H40N4O8+4. The van der Waals surface area contributed by atoms with Gasteiger partial charge < -0.3 is 38.9 Å². The molecule has 0 radical (unpaired) electrons. The first kappa shape index (κ1) is 40.7. The maximum atomic E-state index is 12.5. The minimum Gasteiger partial charge on any atom is -0.465 e. The van der Waals surface area contributed by atoms with E-state index in [1.54, 1.807) is 48.5 Å². The van der Waals surface area contributed by atoms with Crippen LogP contribution in [0.1, 0.15) is 109 Å². The summed E-state index contributed by atoms with van der Waals surface area (Å²) >= 11 is 0. The summed E-state index contributed by atoms with van der Waals surface area (Å²) in [4.78, 5) is 64.8. The lowest BCUT2D eigenvalue weighted by Crippen LogP contribution is -2.12.